The van der Waals surface area contributed by atoms with Gasteiger partial charge in [0, 0.05) is 29.9 Å². The molecular weight excluding hydrogens is 276 g/mol. The smallest absolute Gasteiger partial charge is 0.141 e. The van der Waals surface area contributed by atoms with Crippen LogP contribution in [0, 0.1) is 5.41 Å². The van der Waals surface area contributed by atoms with Crippen LogP contribution in [0.4, 0.5) is 0 Å². The minimum atomic E-state index is -0.0496. The van der Waals surface area contributed by atoms with Gasteiger partial charge in [0.1, 0.15) is 12.0 Å². The zero-order chi connectivity index (χ0) is 15.4. The molecule has 0 saturated heterocycles. The van der Waals surface area contributed by atoms with Crippen LogP contribution in [0.25, 0.3) is 22.3 Å². The Balaban J connectivity index is 1.74. The Kier molecular flexibility index (Phi) is 2.69. The highest BCUT2D eigenvalue weighted by Gasteiger charge is 2.50. The normalized spacial score (nSPS) is 19.2. The number of hydrogen-bond donors (Lipinski definition) is 2. The van der Waals surface area contributed by atoms with Gasteiger partial charge >= 0.3 is 0 Å². The summed E-state index contributed by atoms with van der Waals surface area (Å²) < 4.78 is 2.04. The molecule has 0 bridgehead atoms. The largest absolute Gasteiger partial charge is 0.346 e. The highest BCUT2D eigenvalue weighted by Crippen LogP contribution is 2.51. The van der Waals surface area contributed by atoms with Crippen LogP contribution < -0.4 is 5.73 Å². The Bertz CT molecular complexity index is 820. The van der Waals surface area contributed by atoms with Gasteiger partial charge in [-0.3, -0.25) is 4.68 Å². The van der Waals surface area contributed by atoms with E-state index in [-0.39, 0.29) is 5.54 Å². The summed E-state index contributed by atoms with van der Waals surface area (Å²) in [6, 6.07) is 1.99. The van der Waals surface area contributed by atoms with Gasteiger partial charge in [0.15, 0.2) is 0 Å². The quantitative estimate of drug-likeness (QED) is 0.776. The summed E-state index contributed by atoms with van der Waals surface area (Å²) >= 11 is 0. The molecule has 6 heteroatoms. The number of hydrogen-bond acceptors (Lipinski definition) is 4. The standard InChI is InChI=1S/C16H20N6/c1-15(2)7-16(8-15,9-17)22-6-11(5-21-22)13-12-3-4-18-14(12)20-10-19-13/h3-6,10H,7-9,17H2,1-2H3,(H,18,19,20). The molecule has 0 aliphatic heterocycles. The Hall–Kier alpha value is -2.21. The van der Waals surface area contributed by atoms with Crippen molar-refractivity contribution in [2.75, 3.05) is 6.54 Å². The van der Waals surface area contributed by atoms with Crippen molar-refractivity contribution in [1.82, 2.24) is 24.7 Å². The van der Waals surface area contributed by atoms with Gasteiger partial charge in [-0.05, 0) is 24.3 Å². The Morgan fingerprint density at radius 2 is 2.14 bits per heavy atom. The number of nitrogens with two attached hydrogens (primary N) is 1. The first-order valence-electron chi connectivity index (χ1n) is 7.57. The van der Waals surface area contributed by atoms with Crippen LogP contribution in [0.5, 0.6) is 0 Å². The van der Waals surface area contributed by atoms with Gasteiger partial charge < -0.3 is 10.7 Å². The van der Waals surface area contributed by atoms with Crippen LogP contribution in [0.15, 0.2) is 31.0 Å². The summed E-state index contributed by atoms with van der Waals surface area (Å²) in [6.45, 7) is 5.17. The minimum absolute atomic E-state index is 0.0496. The van der Waals surface area contributed by atoms with E-state index in [2.05, 4.69) is 40.1 Å². The van der Waals surface area contributed by atoms with Crippen LogP contribution in [0.2, 0.25) is 0 Å². The van der Waals surface area contributed by atoms with Crippen molar-refractivity contribution in [2.45, 2.75) is 32.2 Å². The number of aromatic amines is 1. The van der Waals surface area contributed by atoms with E-state index in [9.17, 15) is 0 Å². The lowest BCUT2D eigenvalue weighted by molar-refractivity contribution is -0.00340. The molecule has 114 valence electrons. The number of nitrogens with one attached hydrogen (secondary N) is 1. The summed E-state index contributed by atoms with van der Waals surface area (Å²) in [5.41, 5.74) is 9.10. The first-order valence-corrected chi connectivity index (χ1v) is 7.57. The van der Waals surface area contributed by atoms with Gasteiger partial charge in [0.2, 0.25) is 0 Å². The van der Waals surface area contributed by atoms with Gasteiger partial charge in [0.05, 0.1) is 17.4 Å². The molecule has 0 unspecified atom stereocenters. The van der Waals surface area contributed by atoms with Crippen molar-refractivity contribution in [2.24, 2.45) is 11.1 Å². The topological polar surface area (TPSA) is 85.4 Å². The van der Waals surface area contributed by atoms with Crippen LogP contribution in [0.1, 0.15) is 26.7 Å². The molecule has 0 atom stereocenters. The monoisotopic (exact) mass is 296 g/mol. The molecular formula is C16H20N6. The first kappa shape index (κ1) is 13.5. The Morgan fingerprint density at radius 1 is 1.32 bits per heavy atom. The molecule has 0 amide bonds. The van der Waals surface area contributed by atoms with E-state index < -0.39 is 0 Å². The zero-order valence-corrected chi connectivity index (χ0v) is 12.9. The molecule has 6 nitrogen and oxygen atoms in total. The molecule has 3 aromatic rings. The lowest BCUT2D eigenvalue weighted by Crippen LogP contribution is -2.55. The van der Waals surface area contributed by atoms with Gasteiger partial charge in [-0.2, -0.15) is 5.10 Å². The highest BCUT2D eigenvalue weighted by atomic mass is 15.3. The molecule has 1 saturated carbocycles. The van der Waals surface area contributed by atoms with Gasteiger partial charge in [-0.25, -0.2) is 9.97 Å². The lowest BCUT2D eigenvalue weighted by Gasteiger charge is -2.52. The third-order valence-electron chi connectivity index (χ3n) is 4.69. The van der Waals surface area contributed by atoms with E-state index in [4.69, 9.17) is 5.73 Å². The summed E-state index contributed by atoms with van der Waals surface area (Å²) in [6.07, 6.45) is 9.51. The van der Waals surface area contributed by atoms with Crippen LogP contribution >= 0.6 is 0 Å². The molecule has 22 heavy (non-hydrogen) atoms. The maximum absolute atomic E-state index is 6.05. The SMILES string of the molecule is CC1(C)CC(CN)(n2cc(-c3ncnc4[nH]ccc34)cn2)C1. The second-order valence-electron chi connectivity index (χ2n) is 7.08. The van der Waals surface area contributed by atoms with E-state index in [1.54, 1.807) is 6.33 Å². The van der Waals surface area contributed by atoms with Crippen molar-refractivity contribution in [3.8, 4) is 11.3 Å². The Labute approximate surface area is 128 Å². The summed E-state index contributed by atoms with van der Waals surface area (Å²) in [4.78, 5) is 11.8. The second kappa shape index (κ2) is 4.39. The van der Waals surface area contributed by atoms with E-state index in [0.717, 1.165) is 35.1 Å². The molecule has 3 aromatic heterocycles. The lowest BCUT2D eigenvalue weighted by atomic mass is 9.59. The summed E-state index contributed by atoms with van der Waals surface area (Å²) in [5.74, 6) is 0. The van der Waals surface area contributed by atoms with E-state index in [0.29, 0.717) is 12.0 Å². The summed E-state index contributed by atoms with van der Waals surface area (Å²) in [7, 11) is 0. The van der Waals surface area contributed by atoms with E-state index in [1.807, 2.05) is 23.1 Å². The van der Waals surface area contributed by atoms with Gasteiger partial charge in [-0.15, -0.1) is 0 Å². The molecule has 1 fully saturated rings. The second-order valence-corrected chi connectivity index (χ2v) is 7.08. The number of fused-ring (bicyclic) bond motifs is 1. The average Bonchev–Trinajstić information content (AvgIpc) is 3.12. The maximum Gasteiger partial charge on any atom is 0.141 e. The average molecular weight is 296 g/mol. The third kappa shape index (κ3) is 1.87. The molecule has 3 heterocycles. The molecule has 1 aliphatic carbocycles. The molecule has 4 rings (SSSR count). The predicted octanol–water partition coefficient (Wildman–Crippen LogP) is 2.30. The van der Waals surface area contributed by atoms with Crippen molar-refractivity contribution >= 4 is 11.0 Å². The number of aromatic nitrogens is 5. The van der Waals surface area contributed by atoms with Crippen molar-refractivity contribution in [3.05, 3.63) is 31.0 Å². The third-order valence-corrected chi connectivity index (χ3v) is 4.69. The molecule has 3 N–H and O–H groups in total. The molecule has 0 aromatic carbocycles. The number of nitrogens with zero attached hydrogens (tertiary/aromatic N) is 4. The van der Waals surface area contributed by atoms with Crippen molar-refractivity contribution < 1.29 is 0 Å². The maximum atomic E-state index is 6.05. The van der Waals surface area contributed by atoms with Crippen LogP contribution in [-0.4, -0.2) is 31.3 Å². The van der Waals surface area contributed by atoms with Gasteiger partial charge in [0.25, 0.3) is 0 Å². The number of rotatable bonds is 3. The zero-order valence-electron chi connectivity index (χ0n) is 12.9. The minimum Gasteiger partial charge on any atom is -0.346 e. The molecule has 1 aliphatic rings. The van der Waals surface area contributed by atoms with E-state index in [1.165, 1.54) is 0 Å². The van der Waals surface area contributed by atoms with E-state index >= 15 is 0 Å². The fourth-order valence-electron chi connectivity index (χ4n) is 3.94. The fourth-order valence-corrected chi connectivity index (χ4v) is 3.94. The Morgan fingerprint density at radius 3 is 2.86 bits per heavy atom. The number of H-pyrrole nitrogens is 1. The predicted molar refractivity (Wildman–Crippen MR) is 85.2 cm³/mol. The first-order chi connectivity index (χ1) is 10.5. The molecule has 0 radical (unpaired) electrons. The summed E-state index contributed by atoms with van der Waals surface area (Å²) in [5, 5.41) is 5.59. The highest BCUT2D eigenvalue weighted by molar-refractivity contribution is 5.89. The van der Waals surface area contributed by atoms with Crippen molar-refractivity contribution in [3.63, 3.8) is 0 Å². The van der Waals surface area contributed by atoms with Crippen LogP contribution in [0.3, 0.4) is 0 Å². The van der Waals surface area contributed by atoms with Crippen molar-refractivity contribution in [1.29, 1.82) is 0 Å². The van der Waals surface area contributed by atoms with Crippen LogP contribution in [-0.2, 0) is 5.54 Å². The fraction of sp³-hybridized carbons (Fsp3) is 0.438. The molecule has 0 spiro atoms. The van der Waals surface area contributed by atoms with Gasteiger partial charge in [-0.1, -0.05) is 13.8 Å².